The average Bonchev–Trinajstić information content (AvgIpc) is 2.23. The Morgan fingerprint density at radius 2 is 1.88 bits per heavy atom. The minimum Gasteiger partial charge on any atom is -0.327 e. The Balaban J connectivity index is 2.78. The van der Waals surface area contributed by atoms with E-state index < -0.39 is 0 Å². The molecule has 0 aliphatic rings. The number of hydrogen-bond acceptors (Lipinski definition) is 2. The Bertz CT molecular complexity index is 400. The van der Waals surface area contributed by atoms with Crippen molar-refractivity contribution >= 4 is 46.4 Å². The van der Waals surface area contributed by atoms with Crippen LogP contribution >= 0.6 is 34.8 Å². The van der Waals surface area contributed by atoms with Crippen LogP contribution in [-0.4, -0.2) is 11.9 Å². The molecule has 0 aromatic heterocycles. The first kappa shape index (κ1) is 14.6. The summed E-state index contributed by atoms with van der Waals surface area (Å²) in [5, 5.41) is 3.66. The lowest BCUT2D eigenvalue weighted by molar-refractivity contribution is -0.116. The SMILES string of the molecule is CCC(N)CC(=O)Nc1c(Cl)cc(Cl)cc1Cl. The lowest BCUT2D eigenvalue weighted by Gasteiger charge is -2.12. The fraction of sp³-hybridized carbons (Fsp3) is 0.364. The highest BCUT2D eigenvalue weighted by molar-refractivity contribution is 6.42. The molecule has 0 radical (unpaired) electrons. The maximum absolute atomic E-state index is 11.6. The number of benzene rings is 1. The van der Waals surface area contributed by atoms with Gasteiger partial charge in [0.15, 0.2) is 0 Å². The molecule has 0 spiro atoms. The van der Waals surface area contributed by atoms with Gasteiger partial charge in [-0.05, 0) is 18.6 Å². The van der Waals surface area contributed by atoms with Crippen molar-refractivity contribution in [3.63, 3.8) is 0 Å². The van der Waals surface area contributed by atoms with Gasteiger partial charge >= 0.3 is 0 Å². The summed E-state index contributed by atoms with van der Waals surface area (Å²) in [6.07, 6.45) is 0.960. The highest BCUT2D eigenvalue weighted by Gasteiger charge is 2.13. The van der Waals surface area contributed by atoms with E-state index in [2.05, 4.69) is 5.32 Å². The lowest BCUT2D eigenvalue weighted by atomic mass is 10.1. The van der Waals surface area contributed by atoms with E-state index >= 15 is 0 Å². The topological polar surface area (TPSA) is 55.1 Å². The fourth-order valence-corrected chi connectivity index (χ4v) is 2.15. The highest BCUT2D eigenvalue weighted by atomic mass is 35.5. The Morgan fingerprint density at radius 1 is 1.35 bits per heavy atom. The van der Waals surface area contributed by atoms with Gasteiger partial charge in [-0.3, -0.25) is 4.79 Å². The second kappa shape index (κ2) is 6.45. The van der Waals surface area contributed by atoms with Crippen molar-refractivity contribution in [1.82, 2.24) is 0 Å². The van der Waals surface area contributed by atoms with Crippen molar-refractivity contribution in [2.24, 2.45) is 5.73 Å². The van der Waals surface area contributed by atoms with E-state index in [4.69, 9.17) is 40.5 Å². The summed E-state index contributed by atoms with van der Waals surface area (Å²) in [6, 6.07) is 2.87. The molecule has 0 bridgehead atoms. The molecular weight excluding hydrogens is 282 g/mol. The van der Waals surface area contributed by atoms with Crippen LogP contribution in [0.1, 0.15) is 19.8 Å². The highest BCUT2D eigenvalue weighted by Crippen LogP contribution is 2.33. The van der Waals surface area contributed by atoms with E-state index in [9.17, 15) is 4.79 Å². The number of amides is 1. The second-order valence-corrected chi connectivity index (χ2v) is 4.92. The van der Waals surface area contributed by atoms with Gasteiger partial charge in [0.1, 0.15) is 0 Å². The third-order valence-corrected chi connectivity index (χ3v) is 3.06. The van der Waals surface area contributed by atoms with Gasteiger partial charge in [0.2, 0.25) is 5.91 Å². The van der Waals surface area contributed by atoms with Crippen LogP contribution in [-0.2, 0) is 4.79 Å². The van der Waals surface area contributed by atoms with Gasteiger partial charge in [-0.25, -0.2) is 0 Å². The van der Waals surface area contributed by atoms with Crippen LogP contribution in [0.25, 0.3) is 0 Å². The summed E-state index contributed by atoms with van der Waals surface area (Å²) in [5.41, 5.74) is 6.05. The maximum atomic E-state index is 11.6. The molecule has 1 aromatic rings. The van der Waals surface area contributed by atoms with Gasteiger partial charge in [-0.1, -0.05) is 41.7 Å². The number of rotatable bonds is 4. The quantitative estimate of drug-likeness (QED) is 0.889. The molecule has 94 valence electrons. The lowest BCUT2D eigenvalue weighted by Crippen LogP contribution is -2.26. The number of nitrogens with two attached hydrogens (primary N) is 1. The molecule has 6 heteroatoms. The zero-order valence-corrected chi connectivity index (χ0v) is 11.5. The van der Waals surface area contributed by atoms with Crippen molar-refractivity contribution in [3.05, 3.63) is 27.2 Å². The van der Waals surface area contributed by atoms with Crippen molar-refractivity contribution in [2.45, 2.75) is 25.8 Å². The predicted octanol–water partition coefficient (Wildman–Crippen LogP) is 3.71. The van der Waals surface area contributed by atoms with Gasteiger partial charge in [0.05, 0.1) is 15.7 Å². The molecule has 0 aliphatic carbocycles. The van der Waals surface area contributed by atoms with E-state index in [-0.39, 0.29) is 18.4 Å². The largest absolute Gasteiger partial charge is 0.327 e. The normalized spacial score (nSPS) is 12.3. The van der Waals surface area contributed by atoms with Crippen molar-refractivity contribution in [1.29, 1.82) is 0 Å². The molecule has 1 unspecified atom stereocenters. The summed E-state index contributed by atoms with van der Waals surface area (Å²) in [5.74, 6) is -0.217. The Labute approximate surface area is 115 Å². The molecule has 0 fully saturated rings. The van der Waals surface area contributed by atoms with Crippen molar-refractivity contribution in [2.75, 3.05) is 5.32 Å². The number of hydrogen-bond donors (Lipinski definition) is 2. The van der Waals surface area contributed by atoms with Gasteiger partial charge in [0, 0.05) is 17.5 Å². The van der Waals surface area contributed by atoms with Crippen LogP contribution in [0.5, 0.6) is 0 Å². The summed E-state index contributed by atoms with van der Waals surface area (Å²) in [6.45, 7) is 1.92. The first-order valence-corrected chi connectivity index (χ1v) is 6.27. The smallest absolute Gasteiger partial charge is 0.226 e. The number of halogens is 3. The Morgan fingerprint density at radius 3 is 2.35 bits per heavy atom. The Kier molecular flexibility index (Phi) is 5.53. The first-order chi connectivity index (χ1) is 7.93. The summed E-state index contributed by atoms with van der Waals surface area (Å²) in [7, 11) is 0. The Hall–Kier alpha value is -0.480. The van der Waals surface area contributed by atoms with Gasteiger partial charge in [-0.2, -0.15) is 0 Å². The molecular formula is C11H13Cl3N2O. The molecule has 0 aliphatic heterocycles. The standard InChI is InChI=1S/C11H13Cl3N2O/c1-2-7(15)5-10(17)16-11-8(13)3-6(12)4-9(11)14/h3-4,7H,2,5,15H2,1H3,(H,16,17). The van der Waals surface area contributed by atoms with E-state index in [0.717, 1.165) is 6.42 Å². The summed E-state index contributed by atoms with van der Waals surface area (Å²) in [4.78, 5) is 11.6. The summed E-state index contributed by atoms with van der Waals surface area (Å²) < 4.78 is 0. The molecule has 1 atom stereocenters. The van der Waals surface area contributed by atoms with Crippen LogP contribution in [0.4, 0.5) is 5.69 Å². The third kappa shape index (κ3) is 4.36. The van der Waals surface area contributed by atoms with Crippen LogP contribution in [0, 0.1) is 0 Å². The molecule has 0 heterocycles. The molecule has 1 aromatic carbocycles. The molecule has 3 nitrogen and oxygen atoms in total. The number of nitrogens with one attached hydrogen (secondary N) is 1. The van der Waals surface area contributed by atoms with Crippen LogP contribution in [0.2, 0.25) is 15.1 Å². The maximum Gasteiger partial charge on any atom is 0.226 e. The van der Waals surface area contributed by atoms with E-state index in [1.165, 1.54) is 12.1 Å². The van der Waals surface area contributed by atoms with E-state index in [0.29, 0.717) is 20.8 Å². The summed E-state index contributed by atoms with van der Waals surface area (Å²) >= 11 is 17.6. The molecule has 1 amide bonds. The molecule has 3 N–H and O–H groups in total. The van der Waals surface area contributed by atoms with E-state index in [1.54, 1.807) is 0 Å². The van der Waals surface area contributed by atoms with Gasteiger partial charge in [-0.15, -0.1) is 0 Å². The zero-order valence-electron chi connectivity index (χ0n) is 9.27. The third-order valence-electron chi connectivity index (χ3n) is 2.24. The van der Waals surface area contributed by atoms with Crippen molar-refractivity contribution in [3.8, 4) is 0 Å². The molecule has 1 rings (SSSR count). The molecule has 0 saturated carbocycles. The molecule has 0 saturated heterocycles. The predicted molar refractivity (Wildman–Crippen MR) is 73.0 cm³/mol. The van der Waals surface area contributed by atoms with Crippen LogP contribution < -0.4 is 11.1 Å². The fourth-order valence-electron chi connectivity index (χ4n) is 1.23. The zero-order chi connectivity index (χ0) is 13.0. The molecule has 17 heavy (non-hydrogen) atoms. The average molecular weight is 296 g/mol. The minimum atomic E-state index is -0.217. The monoisotopic (exact) mass is 294 g/mol. The number of anilines is 1. The van der Waals surface area contributed by atoms with Crippen molar-refractivity contribution < 1.29 is 4.79 Å². The van der Waals surface area contributed by atoms with Crippen LogP contribution in [0.15, 0.2) is 12.1 Å². The van der Waals surface area contributed by atoms with Gasteiger partial charge in [0.25, 0.3) is 0 Å². The number of carbonyl (C=O) groups is 1. The van der Waals surface area contributed by atoms with Gasteiger partial charge < -0.3 is 11.1 Å². The second-order valence-electron chi connectivity index (χ2n) is 3.67. The minimum absolute atomic E-state index is 0.167. The van der Waals surface area contributed by atoms with Crippen LogP contribution in [0.3, 0.4) is 0 Å². The first-order valence-electron chi connectivity index (χ1n) is 5.14. The number of carbonyl (C=O) groups excluding carboxylic acids is 1. The van der Waals surface area contributed by atoms with E-state index in [1.807, 2.05) is 6.92 Å².